The Morgan fingerprint density at radius 3 is 2.77 bits per heavy atom. The summed E-state index contributed by atoms with van der Waals surface area (Å²) < 4.78 is 23.6. The number of pyridine rings is 1. The number of β-lactam (4-membered cyclic amide) rings is 1. The average molecular weight is 322 g/mol. The number of carbonyl (C=O) groups is 2. The molecule has 3 rings (SSSR count). The Bertz CT molecular complexity index is 774. The number of rotatable bonds is 3. The van der Waals surface area contributed by atoms with Gasteiger partial charge in [0.2, 0.25) is 5.91 Å². The van der Waals surface area contributed by atoms with Crippen molar-refractivity contribution in [1.29, 1.82) is 0 Å². The van der Waals surface area contributed by atoms with E-state index in [0.29, 0.717) is 5.69 Å². The second-order valence-corrected chi connectivity index (χ2v) is 8.03. The maximum Gasteiger partial charge on any atom is 0.328 e. The summed E-state index contributed by atoms with van der Waals surface area (Å²) in [4.78, 5) is 28.2. The number of carboxylic acid groups (broad SMARTS) is 1. The lowest BCUT2D eigenvalue weighted by Crippen LogP contribution is -2.57. The van der Waals surface area contributed by atoms with Crippen molar-refractivity contribution in [2.75, 3.05) is 0 Å². The summed E-state index contributed by atoms with van der Waals surface area (Å²) in [6.07, 6.45) is 4.20. The number of amides is 1. The van der Waals surface area contributed by atoms with Crippen molar-refractivity contribution < 1.29 is 23.1 Å². The molecular weight excluding hydrogens is 308 g/mol. The van der Waals surface area contributed by atoms with Crippen LogP contribution in [0.15, 0.2) is 30.5 Å². The van der Waals surface area contributed by atoms with Gasteiger partial charge >= 0.3 is 5.97 Å². The van der Waals surface area contributed by atoms with Crippen LogP contribution in [0.4, 0.5) is 0 Å². The van der Waals surface area contributed by atoms with Gasteiger partial charge in [-0.15, -0.1) is 0 Å². The van der Waals surface area contributed by atoms with Gasteiger partial charge in [0.1, 0.15) is 10.1 Å². The number of hydrogen-bond acceptors (Lipinski definition) is 5. The summed E-state index contributed by atoms with van der Waals surface area (Å²) in [5, 5.41) is 8.37. The first-order chi connectivity index (χ1) is 10.3. The molecule has 0 saturated carbocycles. The fourth-order valence-corrected chi connectivity index (χ4v) is 5.24. The van der Waals surface area contributed by atoms with Crippen molar-refractivity contribution in [3.05, 3.63) is 36.2 Å². The number of carboxylic acids is 1. The van der Waals surface area contributed by atoms with Gasteiger partial charge in [-0.05, 0) is 25.1 Å². The van der Waals surface area contributed by atoms with Gasteiger partial charge in [0, 0.05) is 6.20 Å². The number of carbonyl (C=O) groups excluding carboxylic acids is 1. The average Bonchev–Trinajstić information content (AvgIpc) is 2.61. The van der Waals surface area contributed by atoms with Crippen LogP contribution in [0.1, 0.15) is 19.0 Å². The lowest BCUT2D eigenvalue weighted by molar-refractivity contribution is -0.157. The minimum absolute atomic E-state index is 0.154. The smallest absolute Gasteiger partial charge is 0.328 e. The summed E-state index contributed by atoms with van der Waals surface area (Å²) in [5.41, 5.74) is 0.517. The van der Waals surface area contributed by atoms with E-state index in [0.717, 1.165) is 4.90 Å². The topological polar surface area (TPSA) is 105 Å². The van der Waals surface area contributed by atoms with Crippen LogP contribution >= 0.6 is 0 Å². The van der Waals surface area contributed by atoms with Crippen LogP contribution < -0.4 is 0 Å². The van der Waals surface area contributed by atoms with Gasteiger partial charge in [-0.2, -0.15) is 0 Å². The molecule has 2 aliphatic rings. The standard InChI is InChI=1S/C14H14N2O5S/c1-14(6-5-9-4-2-3-7-15-9)12(13(18)19)16-10(17)8-11(16)22(14,20)21/h2-7,11-12H,8H2,1H3,(H,18,19)/t11-,12+,14?/m1/s1. The predicted molar refractivity (Wildman–Crippen MR) is 77.3 cm³/mol. The lowest BCUT2D eigenvalue weighted by Gasteiger charge is -2.35. The van der Waals surface area contributed by atoms with Crippen molar-refractivity contribution >= 4 is 27.8 Å². The normalized spacial score (nSPS) is 32.8. The van der Waals surface area contributed by atoms with E-state index in [1.807, 2.05) is 0 Å². The maximum atomic E-state index is 12.6. The Hall–Kier alpha value is -2.22. The zero-order chi connectivity index (χ0) is 16.1. The molecule has 0 bridgehead atoms. The third kappa shape index (κ3) is 1.80. The monoisotopic (exact) mass is 322 g/mol. The SMILES string of the molecule is CC1(C=Cc2ccccn2)[C@H](C(=O)O)N2C(=O)C[C@H]2S1(=O)=O. The molecule has 2 aliphatic heterocycles. The van der Waals surface area contributed by atoms with Gasteiger partial charge in [0.15, 0.2) is 15.9 Å². The van der Waals surface area contributed by atoms with E-state index in [2.05, 4.69) is 4.98 Å². The molecule has 3 heterocycles. The van der Waals surface area contributed by atoms with E-state index < -0.39 is 37.9 Å². The van der Waals surface area contributed by atoms with E-state index in [4.69, 9.17) is 0 Å². The van der Waals surface area contributed by atoms with Crippen LogP contribution in [-0.2, 0) is 19.4 Å². The van der Waals surface area contributed by atoms with Crippen LogP contribution in [0.25, 0.3) is 6.08 Å². The molecule has 116 valence electrons. The van der Waals surface area contributed by atoms with Gasteiger partial charge in [0.05, 0.1) is 12.1 Å². The summed E-state index contributed by atoms with van der Waals surface area (Å²) in [6, 6.07) is 3.72. The molecule has 7 nitrogen and oxygen atoms in total. The Morgan fingerprint density at radius 2 is 2.23 bits per heavy atom. The zero-order valence-corrected chi connectivity index (χ0v) is 12.5. The molecule has 1 N–H and O–H groups in total. The molecule has 0 aliphatic carbocycles. The van der Waals surface area contributed by atoms with Gasteiger partial charge in [-0.25, -0.2) is 13.2 Å². The summed E-state index contributed by atoms with van der Waals surface area (Å²) in [5.74, 6) is -1.77. The summed E-state index contributed by atoms with van der Waals surface area (Å²) >= 11 is 0. The Balaban J connectivity index is 2.07. The lowest BCUT2D eigenvalue weighted by atomic mass is 9.95. The van der Waals surface area contributed by atoms with E-state index in [1.165, 1.54) is 19.1 Å². The van der Waals surface area contributed by atoms with E-state index in [-0.39, 0.29) is 6.42 Å². The summed E-state index contributed by atoms with van der Waals surface area (Å²) in [7, 11) is -3.82. The highest BCUT2D eigenvalue weighted by atomic mass is 32.2. The molecule has 0 aromatic carbocycles. The first kappa shape index (κ1) is 14.7. The largest absolute Gasteiger partial charge is 0.480 e. The Kier molecular flexibility index (Phi) is 3.10. The van der Waals surface area contributed by atoms with Gasteiger partial charge in [0.25, 0.3) is 0 Å². The van der Waals surface area contributed by atoms with Crippen LogP contribution in [-0.4, -0.2) is 51.4 Å². The highest BCUT2D eigenvalue weighted by molar-refractivity contribution is 7.94. The number of nitrogens with zero attached hydrogens (tertiary/aromatic N) is 2. The van der Waals surface area contributed by atoms with E-state index in [9.17, 15) is 23.1 Å². The molecule has 2 fully saturated rings. The fourth-order valence-electron chi connectivity index (χ4n) is 2.97. The van der Waals surface area contributed by atoms with Crippen molar-refractivity contribution in [1.82, 2.24) is 9.88 Å². The Labute approximate surface area is 127 Å². The number of fused-ring (bicyclic) bond motifs is 1. The van der Waals surface area contributed by atoms with Crippen molar-refractivity contribution in [3.8, 4) is 0 Å². The molecule has 1 aromatic heterocycles. The second kappa shape index (κ2) is 4.64. The quantitative estimate of drug-likeness (QED) is 0.802. The van der Waals surface area contributed by atoms with Gasteiger partial charge < -0.3 is 10.0 Å². The minimum atomic E-state index is -3.82. The molecule has 8 heteroatoms. The summed E-state index contributed by atoms with van der Waals surface area (Å²) in [6.45, 7) is 1.34. The molecule has 22 heavy (non-hydrogen) atoms. The third-order valence-electron chi connectivity index (χ3n) is 4.25. The first-order valence-electron chi connectivity index (χ1n) is 6.67. The number of sulfone groups is 1. The van der Waals surface area contributed by atoms with E-state index >= 15 is 0 Å². The third-order valence-corrected chi connectivity index (χ3v) is 6.94. The van der Waals surface area contributed by atoms with Crippen LogP contribution in [0.2, 0.25) is 0 Å². The minimum Gasteiger partial charge on any atom is -0.480 e. The number of aliphatic carboxylic acids is 1. The number of aromatic nitrogens is 1. The van der Waals surface area contributed by atoms with Gasteiger partial charge in [-0.3, -0.25) is 9.78 Å². The molecular formula is C14H14N2O5S. The maximum absolute atomic E-state index is 12.6. The highest BCUT2D eigenvalue weighted by Crippen LogP contribution is 2.46. The molecule has 0 radical (unpaired) electrons. The first-order valence-corrected chi connectivity index (χ1v) is 8.21. The van der Waals surface area contributed by atoms with Crippen LogP contribution in [0.3, 0.4) is 0 Å². The van der Waals surface area contributed by atoms with Gasteiger partial charge in [-0.1, -0.05) is 12.1 Å². The molecule has 1 amide bonds. The van der Waals surface area contributed by atoms with Crippen LogP contribution in [0, 0.1) is 0 Å². The van der Waals surface area contributed by atoms with Crippen LogP contribution in [0.5, 0.6) is 0 Å². The fraction of sp³-hybridized carbons (Fsp3) is 0.357. The van der Waals surface area contributed by atoms with Crippen molar-refractivity contribution in [2.45, 2.75) is 29.5 Å². The number of hydrogen-bond donors (Lipinski definition) is 1. The molecule has 1 aromatic rings. The molecule has 0 spiro atoms. The zero-order valence-electron chi connectivity index (χ0n) is 11.7. The van der Waals surface area contributed by atoms with Crippen molar-refractivity contribution in [3.63, 3.8) is 0 Å². The van der Waals surface area contributed by atoms with Crippen molar-refractivity contribution in [2.24, 2.45) is 0 Å². The molecule has 3 atom stereocenters. The Morgan fingerprint density at radius 1 is 1.50 bits per heavy atom. The highest BCUT2D eigenvalue weighted by Gasteiger charge is 2.68. The predicted octanol–water partition coefficient (Wildman–Crippen LogP) is 0.294. The molecule has 2 saturated heterocycles. The van der Waals surface area contributed by atoms with E-state index in [1.54, 1.807) is 24.4 Å². The second-order valence-electron chi connectivity index (χ2n) is 5.52. The molecule has 1 unspecified atom stereocenters.